The number of hydrogen-bond acceptors (Lipinski definition) is 1. The van der Waals surface area contributed by atoms with Crippen molar-refractivity contribution in [2.45, 2.75) is 39.2 Å². The van der Waals surface area contributed by atoms with Crippen LogP contribution in [0.4, 0.5) is 0 Å². The predicted octanol–water partition coefficient (Wildman–Crippen LogP) is 2.58. The number of nitrogens with one attached hydrogen (secondary N) is 2. The molecule has 1 aromatic rings. The van der Waals surface area contributed by atoms with Crippen molar-refractivity contribution in [3.63, 3.8) is 0 Å². The maximum atomic E-state index is 4.21. The van der Waals surface area contributed by atoms with Crippen LogP contribution in [0.5, 0.6) is 0 Å². The molecule has 0 bridgehead atoms. The van der Waals surface area contributed by atoms with Gasteiger partial charge in [-0.25, -0.2) is 0 Å². The highest BCUT2D eigenvalue weighted by molar-refractivity contribution is 5.79. The van der Waals surface area contributed by atoms with E-state index in [9.17, 15) is 0 Å². The number of aliphatic imine (C=N–C) groups is 1. The fourth-order valence-electron chi connectivity index (χ4n) is 1.67. The minimum atomic E-state index is 0.463. The molecular weight excluding hydrogens is 222 g/mol. The smallest absolute Gasteiger partial charge is 0.191 e. The molecule has 0 aliphatic heterocycles. The summed E-state index contributed by atoms with van der Waals surface area (Å²) in [7, 11) is 1.81. The van der Waals surface area contributed by atoms with Gasteiger partial charge >= 0.3 is 0 Å². The molecule has 0 aromatic heterocycles. The molecule has 3 heteroatoms. The molecule has 0 heterocycles. The summed E-state index contributed by atoms with van der Waals surface area (Å²) in [5.41, 5.74) is 1.39. The summed E-state index contributed by atoms with van der Waals surface area (Å²) in [6, 6.07) is 11.0. The molecule has 2 N–H and O–H groups in total. The molecule has 1 unspecified atom stereocenters. The Morgan fingerprint density at radius 3 is 2.61 bits per heavy atom. The normalized spacial score (nSPS) is 13.2. The molecule has 0 aliphatic carbocycles. The first-order valence-electron chi connectivity index (χ1n) is 6.77. The van der Waals surface area contributed by atoms with Gasteiger partial charge in [-0.2, -0.15) is 0 Å². The van der Waals surface area contributed by atoms with Gasteiger partial charge < -0.3 is 10.6 Å². The van der Waals surface area contributed by atoms with E-state index >= 15 is 0 Å². The van der Waals surface area contributed by atoms with Crippen molar-refractivity contribution in [2.75, 3.05) is 13.6 Å². The van der Waals surface area contributed by atoms with Crippen LogP contribution in [-0.4, -0.2) is 25.6 Å². The van der Waals surface area contributed by atoms with E-state index in [0.717, 1.165) is 31.8 Å². The van der Waals surface area contributed by atoms with Gasteiger partial charge in [0.05, 0.1) is 0 Å². The Labute approximate surface area is 111 Å². The van der Waals surface area contributed by atoms with Crippen LogP contribution in [0.3, 0.4) is 0 Å². The quantitative estimate of drug-likeness (QED) is 0.460. The van der Waals surface area contributed by atoms with Crippen LogP contribution >= 0.6 is 0 Å². The summed E-state index contributed by atoms with van der Waals surface area (Å²) in [6.07, 6.45) is 3.32. The lowest BCUT2D eigenvalue weighted by Gasteiger charge is -2.16. The minimum Gasteiger partial charge on any atom is -0.356 e. The SMILES string of the molecule is CCC(C)NC(=NC)NCCCc1ccccc1. The molecule has 0 fully saturated rings. The lowest BCUT2D eigenvalue weighted by atomic mass is 10.1. The molecule has 0 saturated carbocycles. The maximum Gasteiger partial charge on any atom is 0.191 e. The number of rotatable bonds is 6. The van der Waals surface area contributed by atoms with Gasteiger partial charge in [-0.1, -0.05) is 37.3 Å². The zero-order valence-electron chi connectivity index (χ0n) is 11.7. The number of hydrogen-bond donors (Lipinski definition) is 2. The Hall–Kier alpha value is -1.51. The van der Waals surface area contributed by atoms with Crippen LogP contribution in [0.15, 0.2) is 35.3 Å². The zero-order chi connectivity index (χ0) is 13.2. The molecule has 0 aliphatic rings. The zero-order valence-corrected chi connectivity index (χ0v) is 11.7. The van der Waals surface area contributed by atoms with Crippen molar-refractivity contribution in [1.82, 2.24) is 10.6 Å². The molecule has 1 rings (SSSR count). The summed E-state index contributed by atoms with van der Waals surface area (Å²) in [5.74, 6) is 0.900. The van der Waals surface area contributed by atoms with E-state index in [0.29, 0.717) is 6.04 Å². The third-order valence-corrected chi connectivity index (χ3v) is 3.00. The van der Waals surface area contributed by atoms with Gasteiger partial charge in [0.15, 0.2) is 5.96 Å². The Balaban J connectivity index is 2.20. The monoisotopic (exact) mass is 247 g/mol. The van der Waals surface area contributed by atoms with E-state index < -0.39 is 0 Å². The van der Waals surface area contributed by atoms with Gasteiger partial charge in [0.25, 0.3) is 0 Å². The Morgan fingerprint density at radius 1 is 1.28 bits per heavy atom. The predicted molar refractivity (Wildman–Crippen MR) is 79.0 cm³/mol. The van der Waals surface area contributed by atoms with Crippen molar-refractivity contribution < 1.29 is 0 Å². The third kappa shape index (κ3) is 5.71. The summed E-state index contributed by atoms with van der Waals surface area (Å²) in [5, 5.41) is 6.70. The first kappa shape index (κ1) is 14.6. The van der Waals surface area contributed by atoms with Crippen molar-refractivity contribution in [2.24, 2.45) is 4.99 Å². The third-order valence-electron chi connectivity index (χ3n) is 3.00. The molecule has 1 atom stereocenters. The van der Waals surface area contributed by atoms with Gasteiger partial charge in [0, 0.05) is 19.6 Å². The van der Waals surface area contributed by atoms with Crippen LogP contribution in [0.1, 0.15) is 32.3 Å². The number of nitrogens with zero attached hydrogens (tertiary/aromatic N) is 1. The Kier molecular flexibility index (Phi) is 6.92. The highest BCUT2D eigenvalue weighted by Gasteiger charge is 2.01. The highest BCUT2D eigenvalue weighted by Crippen LogP contribution is 2.01. The second-order valence-corrected chi connectivity index (χ2v) is 4.54. The van der Waals surface area contributed by atoms with Crippen LogP contribution in [0.25, 0.3) is 0 Å². The largest absolute Gasteiger partial charge is 0.356 e. The first-order chi connectivity index (χ1) is 8.76. The van der Waals surface area contributed by atoms with E-state index in [1.807, 2.05) is 7.05 Å². The maximum absolute atomic E-state index is 4.21. The number of aryl methyl sites for hydroxylation is 1. The topological polar surface area (TPSA) is 36.4 Å². The average Bonchev–Trinajstić information content (AvgIpc) is 2.43. The van der Waals surface area contributed by atoms with Gasteiger partial charge in [0.2, 0.25) is 0 Å². The van der Waals surface area contributed by atoms with Crippen molar-refractivity contribution in [3.8, 4) is 0 Å². The second-order valence-electron chi connectivity index (χ2n) is 4.54. The second kappa shape index (κ2) is 8.56. The molecule has 18 heavy (non-hydrogen) atoms. The average molecular weight is 247 g/mol. The number of benzene rings is 1. The van der Waals surface area contributed by atoms with Crippen molar-refractivity contribution in [1.29, 1.82) is 0 Å². The number of guanidine groups is 1. The lowest BCUT2D eigenvalue weighted by Crippen LogP contribution is -2.42. The van der Waals surface area contributed by atoms with Gasteiger partial charge in [-0.15, -0.1) is 0 Å². The summed E-state index contributed by atoms with van der Waals surface area (Å²) in [4.78, 5) is 4.21. The van der Waals surface area contributed by atoms with E-state index in [1.165, 1.54) is 5.56 Å². The van der Waals surface area contributed by atoms with Crippen LogP contribution < -0.4 is 10.6 Å². The molecule has 100 valence electrons. The van der Waals surface area contributed by atoms with Gasteiger partial charge in [0.1, 0.15) is 0 Å². The van der Waals surface area contributed by atoms with E-state index in [1.54, 1.807) is 0 Å². The van der Waals surface area contributed by atoms with Crippen molar-refractivity contribution >= 4 is 5.96 Å². The fourth-order valence-corrected chi connectivity index (χ4v) is 1.67. The van der Waals surface area contributed by atoms with Crippen LogP contribution in [0.2, 0.25) is 0 Å². The molecule has 0 spiro atoms. The van der Waals surface area contributed by atoms with Gasteiger partial charge in [-0.3, -0.25) is 4.99 Å². The molecular formula is C15H25N3. The van der Waals surface area contributed by atoms with Crippen LogP contribution in [0, 0.1) is 0 Å². The molecule has 0 saturated heterocycles. The van der Waals surface area contributed by atoms with E-state index in [4.69, 9.17) is 0 Å². The standard InChI is InChI=1S/C15H25N3/c1-4-13(2)18-15(16-3)17-12-8-11-14-9-6-5-7-10-14/h5-7,9-10,13H,4,8,11-12H2,1-3H3,(H2,16,17,18). The minimum absolute atomic E-state index is 0.463. The van der Waals surface area contributed by atoms with E-state index in [-0.39, 0.29) is 0 Å². The highest BCUT2D eigenvalue weighted by atomic mass is 15.2. The summed E-state index contributed by atoms with van der Waals surface area (Å²) < 4.78 is 0. The first-order valence-corrected chi connectivity index (χ1v) is 6.77. The van der Waals surface area contributed by atoms with E-state index in [2.05, 4.69) is 59.8 Å². The molecule has 1 aromatic carbocycles. The summed E-state index contributed by atoms with van der Waals surface area (Å²) >= 11 is 0. The summed E-state index contributed by atoms with van der Waals surface area (Å²) in [6.45, 7) is 5.28. The molecule has 0 radical (unpaired) electrons. The van der Waals surface area contributed by atoms with Crippen LogP contribution in [-0.2, 0) is 6.42 Å². The van der Waals surface area contributed by atoms with Crippen molar-refractivity contribution in [3.05, 3.63) is 35.9 Å². The Bertz CT molecular complexity index is 346. The fraction of sp³-hybridized carbons (Fsp3) is 0.533. The van der Waals surface area contributed by atoms with Gasteiger partial charge in [-0.05, 0) is 31.7 Å². The Morgan fingerprint density at radius 2 is 2.00 bits per heavy atom. The molecule has 0 amide bonds. The lowest BCUT2D eigenvalue weighted by molar-refractivity contribution is 0.620. The molecule has 3 nitrogen and oxygen atoms in total.